The van der Waals surface area contributed by atoms with E-state index in [0.717, 1.165) is 18.4 Å². The van der Waals surface area contributed by atoms with E-state index in [1.54, 1.807) is 30.9 Å². The summed E-state index contributed by atoms with van der Waals surface area (Å²) in [6.07, 6.45) is 1.56. The molecule has 1 aliphatic heterocycles. The number of benzene rings is 1. The molecule has 1 aromatic carbocycles. The molecule has 1 aromatic rings. The third-order valence-corrected chi connectivity index (χ3v) is 6.66. The van der Waals surface area contributed by atoms with Crippen molar-refractivity contribution in [1.29, 1.82) is 0 Å². The number of likely N-dealkylation sites (tertiary alicyclic amines) is 1. The summed E-state index contributed by atoms with van der Waals surface area (Å²) in [6, 6.07) is 4.94. The van der Waals surface area contributed by atoms with E-state index in [0.29, 0.717) is 31.7 Å². The van der Waals surface area contributed by atoms with Gasteiger partial charge in [0, 0.05) is 37.8 Å². The number of aryl methyl sites for hydroxylation is 1. The summed E-state index contributed by atoms with van der Waals surface area (Å²) in [7, 11) is -3.57. The van der Waals surface area contributed by atoms with Crippen molar-refractivity contribution in [2.45, 2.75) is 44.6 Å². The molecule has 0 unspecified atom stereocenters. The van der Waals surface area contributed by atoms with Crippen LogP contribution in [0.4, 0.5) is 0 Å². The number of rotatable bonds is 5. The van der Waals surface area contributed by atoms with Crippen LogP contribution < -0.4 is 5.73 Å². The summed E-state index contributed by atoms with van der Waals surface area (Å²) >= 11 is 0. The number of carbonyl (C=O) groups is 1. The van der Waals surface area contributed by atoms with Gasteiger partial charge in [-0.25, -0.2) is 8.42 Å². The fraction of sp³-hybridized carbons (Fsp3) is 0.588. The van der Waals surface area contributed by atoms with Crippen molar-refractivity contribution < 1.29 is 13.2 Å². The minimum Gasteiger partial charge on any atom is -0.339 e. The van der Waals surface area contributed by atoms with E-state index < -0.39 is 10.0 Å². The van der Waals surface area contributed by atoms with E-state index in [1.807, 2.05) is 6.92 Å². The van der Waals surface area contributed by atoms with Crippen molar-refractivity contribution >= 4 is 28.3 Å². The molecule has 0 radical (unpaired) electrons. The van der Waals surface area contributed by atoms with Gasteiger partial charge in [0.1, 0.15) is 0 Å². The van der Waals surface area contributed by atoms with Crippen molar-refractivity contribution in [3.05, 3.63) is 29.3 Å². The second kappa shape index (κ2) is 8.98. The Labute approximate surface area is 156 Å². The Morgan fingerprint density at radius 3 is 2.32 bits per heavy atom. The number of carbonyl (C=O) groups excluding carboxylic acids is 1. The lowest BCUT2D eigenvalue weighted by atomic mass is 10.0. The molecule has 0 aliphatic carbocycles. The van der Waals surface area contributed by atoms with Crippen LogP contribution in [0.15, 0.2) is 23.1 Å². The highest BCUT2D eigenvalue weighted by atomic mass is 35.5. The molecule has 1 fully saturated rings. The van der Waals surface area contributed by atoms with Gasteiger partial charge < -0.3 is 10.6 Å². The highest BCUT2D eigenvalue weighted by Gasteiger charge is 2.26. The Balaban J connectivity index is 0.00000312. The van der Waals surface area contributed by atoms with E-state index in [2.05, 4.69) is 0 Å². The number of amides is 1. The molecule has 1 amide bonds. The molecule has 0 aromatic heterocycles. The molecule has 142 valence electrons. The molecule has 0 spiro atoms. The first-order valence-corrected chi connectivity index (χ1v) is 9.90. The second-order valence-electron chi connectivity index (χ2n) is 6.20. The average molecular weight is 390 g/mol. The Morgan fingerprint density at radius 2 is 1.80 bits per heavy atom. The van der Waals surface area contributed by atoms with Crippen LogP contribution in [-0.2, 0) is 10.0 Å². The number of piperidine rings is 1. The van der Waals surface area contributed by atoms with Crippen molar-refractivity contribution in [3.8, 4) is 0 Å². The molecule has 2 rings (SSSR count). The summed E-state index contributed by atoms with van der Waals surface area (Å²) < 4.78 is 26.8. The molecule has 0 bridgehead atoms. The minimum absolute atomic E-state index is 0. The van der Waals surface area contributed by atoms with Crippen LogP contribution in [0.2, 0.25) is 0 Å². The number of hydrogen-bond donors (Lipinski definition) is 1. The van der Waals surface area contributed by atoms with Crippen LogP contribution in [-0.4, -0.2) is 55.8 Å². The van der Waals surface area contributed by atoms with Crippen molar-refractivity contribution in [2.24, 2.45) is 5.73 Å². The van der Waals surface area contributed by atoms with Gasteiger partial charge in [-0.05, 0) is 37.5 Å². The number of nitrogens with zero attached hydrogens (tertiary/aromatic N) is 2. The maximum absolute atomic E-state index is 12.8. The average Bonchev–Trinajstić information content (AvgIpc) is 2.56. The summed E-state index contributed by atoms with van der Waals surface area (Å²) in [6.45, 7) is 7.48. The first-order valence-electron chi connectivity index (χ1n) is 8.46. The molecule has 0 saturated carbocycles. The SMILES string of the molecule is CCN(CC)S(=O)(=O)c1ccc(C)c(C(=O)N2CCC(N)CC2)c1.Cl. The molecule has 6 nitrogen and oxygen atoms in total. The largest absolute Gasteiger partial charge is 0.339 e. The van der Waals surface area contributed by atoms with Crippen molar-refractivity contribution in [1.82, 2.24) is 9.21 Å². The predicted octanol–water partition coefficient (Wildman–Crippen LogP) is 2.01. The summed E-state index contributed by atoms with van der Waals surface area (Å²) in [4.78, 5) is 14.7. The molecule has 1 heterocycles. The molecular formula is C17H28ClN3O3S. The van der Waals surface area contributed by atoms with Crippen molar-refractivity contribution in [3.63, 3.8) is 0 Å². The van der Waals surface area contributed by atoms with Crippen LogP contribution in [0, 0.1) is 6.92 Å². The number of hydrogen-bond acceptors (Lipinski definition) is 4. The Bertz CT molecular complexity index is 697. The van der Waals surface area contributed by atoms with E-state index >= 15 is 0 Å². The van der Waals surface area contributed by atoms with Crippen LogP contribution in [0.25, 0.3) is 0 Å². The molecule has 0 atom stereocenters. The summed E-state index contributed by atoms with van der Waals surface area (Å²) in [5.74, 6) is -0.115. The third kappa shape index (κ3) is 4.73. The summed E-state index contributed by atoms with van der Waals surface area (Å²) in [5.41, 5.74) is 7.13. The predicted molar refractivity (Wildman–Crippen MR) is 102 cm³/mol. The number of halogens is 1. The summed E-state index contributed by atoms with van der Waals surface area (Å²) in [5, 5.41) is 0. The number of nitrogens with two attached hydrogens (primary N) is 1. The molecule has 1 saturated heterocycles. The van der Waals surface area contributed by atoms with Crippen LogP contribution in [0.1, 0.15) is 42.6 Å². The quantitative estimate of drug-likeness (QED) is 0.834. The fourth-order valence-corrected chi connectivity index (χ4v) is 4.46. The van der Waals surface area contributed by atoms with Gasteiger partial charge >= 0.3 is 0 Å². The topological polar surface area (TPSA) is 83.7 Å². The zero-order chi connectivity index (χ0) is 17.9. The lowest BCUT2D eigenvalue weighted by Gasteiger charge is -2.30. The maximum atomic E-state index is 12.8. The zero-order valence-corrected chi connectivity index (χ0v) is 16.7. The van der Waals surface area contributed by atoms with Crippen LogP contribution in [0.5, 0.6) is 0 Å². The van der Waals surface area contributed by atoms with Gasteiger partial charge in [-0.1, -0.05) is 19.9 Å². The minimum atomic E-state index is -3.57. The number of sulfonamides is 1. The van der Waals surface area contributed by atoms with E-state index in [4.69, 9.17) is 5.73 Å². The normalized spacial score (nSPS) is 16.0. The van der Waals surface area contributed by atoms with Gasteiger partial charge in [0.05, 0.1) is 4.90 Å². The van der Waals surface area contributed by atoms with Gasteiger partial charge in [-0.3, -0.25) is 4.79 Å². The van der Waals surface area contributed by atoms with Crippen LogP contribution >= 0.6 is 12.4 Å². The van der Waals surface area contributed by atoms with Gasteiger partial charge in [0.25, 0.3) is 5.91 Å². The lowest BCUT2D eigenvalue weighted by Crippen LogP contribution is -2.43. The Morgan fingerprint density at radius 1 is 1.24 bits per heavy atom. The van der Waals surface area contributed by atoms with E-state index in [1.165, 1.54) is 10.4 Å². The highest BCUT2D eigenvalue weighted by molar-refractivity contribution is 7.89. The van der Waals surface area contributed by atoms with E-state index in [-0.39, 0.29) is 29.3 Å². The van der Waals surface area contributed by atoms with Gasteiger partial charge in [0.15, 0.2) is 0 Å². The Hall–Kier alpha value is -1.15. The standard InChI is InChI=1S/C17H27N3O3S.ClH/c1-4-20(5-2)24(22,23)15-7-6-13(3)16(12-15)17(21)19-10-8-14(18)9-11-19;/h6-7,12,14H,4-5,8-11,18H2,1-3H3;1H. The second-order valence-corrected chi connectivity index (χ2v) is 8.13. The van der Waals surface area contributed by atoms with Crippen LogP contribution in [0.3, 0.4) is 0 Å². The smallest absolute Gasteiger partial charge is 0.254 e. The Kier molecular flexibility index (Phi) is 7.87. The molecule has 1 aliphatic rings. The monoisotopic (exact) mass is 389 g/mol. The third-order valence-electron chi connectivity index (χ3n) is 4.61. The first-order chi connectivity index (χ1) is 11.3. The zero-order valence-electron chi connectivity index (χ0n) is 15.1. The highest BCUT2D eigenvalue weighted by Crippen LogP contribution is 2.22. The maximum Gasteiger partial charge on any atom is 0.254 e. The lowest BCUT2D eigenvalue weighted by molar-refractivity contribution is 0.0713. The van der Waals surface area contributed by atoms with Gasteiger partial charge in [-0.2, -0.15) is 4.31 Å². The first kappa shape index (κ1) is 21.9. The van der Waals surface area contributed by atoms with Gasteiger partial charge in [0.2, 0.25) is 10.0 Å². The molecule has 25 heavy (non-hydrogen) atoms. The van der Waals surface area contributed by atoms with E-state index in [9.17, 15) is 13.2 Å². The van der Waals surface area contributed by atoms with Crippen molar-refractivity contribution in [2.75, 3.05) is 26.2 Å². The van der Waals surface area contributed by atoms with Gasteiger partial charge in [-0.15, -0.1) is 12.4 Å². The molecular weight excluding hydrogens is 362 g/mol. The molecule has 8 heteroatoms. The molecule has 2 N–H and O–H groups in total. The fourth-order valence-electron chi connectivity index (χ4n) is 2.98.